The molecule has 0 aliphatic carbocycles. The smallest absolute Gasteiger partial charge is 0.0370 e. The molecule has 0 spiro atoms. The van der Waals surface area contributed by atoms with Crippen molar-refractivity contribution in [2.45, 2.75) is 44.7 Å². The molecule has 0 saturated carbocycles. The predicted octanol–water partition coefficient (Wildman–Crippen LogP) is 2.53. The van der Waals surface area contributed by atoms with Crippen LogP contribution in [0.4, 0.5) is 5.69 Å². The van der Waals surface area contributed by atoms with Gasteiger partial charge in [-0.25, -0.2) is 0 Å². The van der Waals surface area contributed by atoms with E-state index in [9.17, 15) is 0 Å². The van der Waals surface area contributed by atoms with Crippen molar-refractivity contribution < 1.29 is 0 Å². The molecule has 2 bridgehead atoms. The Morgan fingerprint density at radius 3 is 2.41 bits per heavy atom. The van der Waals surface area contributed by atoms with Crippen LogP contribution in [0.25, 0.3) is 0 Å². The standard InChI is InChI=1S/C15H22N2/c1-15(2,3)11-5-4-6-14(7-11)17-9-12-8-13(10-17)16-12/h4-7,12-13,16H,8-10H2,1-3H3. The SMILES string of the molecule is CC(C)(C)c1cccc(N2CC3CC(C2)N3)c1. The molecule has 3 saturated heterocycles. The van der Waals surface area contributed by atoms with Crippen LogP contribution in [0.2, 0.25) is 0 Å². The molecular weight excluding hydrogens is 208 g/mol. The molecule has 17 heavy (non-hydrogen) atoms. The third-order valence-electron chi connectivity index (χ3n) is 4.00. The van der Waals surface area contributed by atoms with Crippen molar-refractivity contribution in [3.05, 3.63) is 29.8 Å². The van der Waals surface area contributed by atoms with Gasteiger partial charge >= 0.3 is 0 Å². The van der Waals surface area contributed by atoms with Gasteiger partial charge in [-0.1, -0.05) is 32.9 Å². The van der Waals surface area contributed by atoms with Gasteiger partial charge in [0, 0.05) is 30.9 Å². The lowest BCUT2D eigenvalue weighted by atomic mass is 9.86. The van der Waals surface area contributed by atoms with E-state index < -0.39 is 0 Å². The maximum Gasteiger partial charge on any atom is 0.0370 e. The minimum Gasteiger partial charge on any atom is -0.368 e. The highest BCUT2D eigenvalue weighted by Crippen LogP contribution is 2.30. The van der Waals surface area contributed by atoms with Crippen LogP contribution in [0.3, 0.4) is 0 Å². The van der Waals surface area contributed by atoms with E-state index in [-0.39, 0.29) is 5.41 Å². The molecule has 1 N–H and O–H groups in total. The number of anilines is 1. The summed E-state index contributed by atoms with van der Waals surface area (Å²) < 4.78 is 0. The maximum atomic E-state index is 3.58. The number of nitrogens with one attached hydrogen (secondary N) is 1. The van der Waals surface area contributed by atoms with Crippen molar-refractivity contribution in [1.82, 2.24) is 5.32 Å². The quantitative estimate of drug-likeness (QED) is 0.797. The molecule has 92 valence electrons. The van der Waals surface area contributed by atoms with Crippen molar-refractivity contribution in [2.24, 2.45) is 0 Å². The summed E-state index contributed by atoms with van der Waals surface area (Å²) >= 11 is 0. The van der Waals surface area contributed by atoms with E-state index in [4.69, 9.17) is 0 Å². The van der Waals surface area contributed by atoms with Crippen LogP contribution in [0, 0.1) is 0 Å². The van der Waals surface area contributed by atoms with Crippen LogP contribution in [0.15, 0.2) is 24.3 Å². The van der Waals surface area contributed by atoms with E-state index in [0.29, 0.717) is 0 Å². The second-order valence-electron chi connectivity index (χ2n) is 6.50. The molecule has 1 aromatic rings. The summed E-state index contributed by atoms with van der Waals surface area (Å²) in [4.78, 5) is 2.53. The van der Waals surface area contributed by atoms with Gasteiger partial charge in [0.15, 0.2) is 0 Å². The molecular formula is C15H22N2. The number of benzene rings is 1. The molecule has 2 heteroatoms. The number of nitrogens with zero attached hydrogens (tertiary/aromatic N) is 1. The fourth-order valence-corrected chi connectivity index (χ4v) is 2.89. The van der Waals surface area contributed by atoms with E-state index in [1.54, 1.807) is 0 Å². The van der Waals surface area contributed by atoms with Gasteiger partial charge in [-0.15, -0.1) is 0 Å². The minimum atomic E-state index is 0.243. The van der Waals surface area contributed by atoms with E-state index in [0.717, 1.165) is 12.1 Å². The van der Waals surface area contributed by atoms with Crippen LogP contribution in [-0.2, 0) is 5.41 Å². The number of hydrogen-bond donors (Lipinski definition) is 1. The lowest BCUT2D eigenvalue weighted by Crippen LogP contribution is -2.67. The monoisotopic (exact) mass is 230 g/mol. The van der Waals surface area contributed by atoms with Crippen molar-refractivity contribution >= 4 is 5.69 Å². The molecule has 3 fully saturated rings. The van der Waals surface area contributed by atoms with Gasteiger partial charge in [0.1, 0.15) is 0 Å². The molecule has 0 aromatic heterocycles. The van der Waals surface area contributed by atoms with Gasteiger partial charge in [0.05, 0.1) is 0 Å². The van der Waals surface area contributed by atoms with Gasteiger partial charge in [0.2, 0.25) is 0 Å². The zero-order valence-corrected chi connectivity index (χ0v) is 11.0. The topological polar surface area (TPSA) is 15.3 Å². The first-order valence-corrected chi connectivity index (χ1v) is 6.64. The third-order valence-corrected chi connectivity index (χ3v) is 4.00. The Balaban J connectivity index is 1.83. The molecule has 3 aliphatic heterocycles. The lowest BCUT2D eigenvalue weighted by Gasteiger charge is -2.49. The molecule has 0 radical (unpaired) electrons. The highest BCUT2D eigenvalue weighted by molar-refractivity contribution is 5.51. The Kier molecular flexibility index (Phi) is 2.44. The summed E-state index contributed by atoms with van der Waals surface area (Å²) in [6.07, 6.45) is 1.37. The van der Waals surface area contributed by atoms with Crippen molar-refractivity contribution in [1.29, 1.82) is 0 Å². The molecule has 3 heterocycles. The highest BCUT2D eigenvalue weighted by atomic mass is 15.3. The first-order valence-electron chi connectivity index (χ1n) is 6.64. The molecule has 0 amide bonds. The van der Waals surface area contributed by atoms with Crippen LogP contribution in [-0.4, -0.2) is 25.2 Å². The number of fused-ring (bicyclic) bond motifs is 2. The van der Waals surface area contributed by atoms with Gasteiger partial charge in [-0.05, 0) is 29.5 Å². The van der Waals surface area contributed by atoms with Gasteiger partial charge in [-0.3, -0.25) is 0 Å². The summed E-state index contributed by atoms with van der Waals surface area (Å²) in [6, 6.07) is 10.5. The second-order valence-corrected chi connectivity index (χ2v) is 6.50. The number of piperazine rings is 1. The Labute approximate surface area is 104 Å². The van der Waals surface area contributed by atoms with Crippen LogP contribution < -0.4 is 10.2 Å². The van der Waals surface area contributed by atoms with Crippen molar-refractivity contribution in [3.8, 4) is 0 Å². The van der Waals surface area contributed by atoms with E-state index in [1.807, 2.05) is 0 Å². The Morgan fingerprint density at radius 2 is 1.82 bits per heavy atom. The zero-order chi connectivity index (χ0) is 12.0. The van der Waals surface area contributed by atoms with Crippen molar-refractivity contribution in [2.75, 3.05) is 18.0 Å². The van der Waals surface area contributed by atoms with Gasteiger partial charge < -0.3 is 10.2 Å². The minimum absolute atomic E-state index is 0.243. The lowest BCUT2D eigenvalue weighted by molar-refractivity contribution is 0.226. The summed E-state index contributed by atoms with van der Waals surface area (Å²) in [6.45, 7) is 9.18. The first kappa shape index (κ1) is 11.1. The predicted molar refractivity (Wildman–Crippen MR) is 72.7 cm³/mol. The number of hydrogen-bond acceptors (Lipinski definition) is 2. The van der Waals surface area contributed by atoms with E-state index in [2.05, 4.69) is 55.3 Å². The molecule has 2 atom stereocenters. The summed E-state index contributed by atoms with van der Waals surface area (Å²) in [5, 5.41) is 3.58. The largest absolute Gasteiger partial charge is 0.368 e. The molecule has 2 unspecified atom stereocenters. The summed E-state index contributed by atoms with van der Waals surface area (Å²) in [7, 11) is 0. The second kappa shape index (κ2) is 3.74. The fourth-order valence-electron chi connectivity index (χ4n) is 2.89. The van der Waals surface area contributed by atoms with E-state index in [1.165, 1.54) is 30.8 Å². The number of rotatable bonds is 1. The van der Waals surface area contributed by atoms with E-state index >= 15 is 0 Å². The molecule has 4 rings (SSSR count). The molecule has 2 nitrogen and oxygen atoms in total. The zero-order valence-electron chi connectivity index (χ0n) is 11.0. The first-order chi connectivity index (χ1) is 8.02. The van der Waals surface area contributed by atoms with Crippen molar-refractivity contribution in [3.63, 3.8) is 0 Å². The number of piperidine rings is 1. The Hall–Kier alpha value is -1.02. The molecule has 1 aromatic carbocycles. The highest BCUT2D eigenvalue weighted by Gasteiger charge is 2.36. The van der Waals surface area contributed by atoms with Gasteiger partial charge in [-0.2, -0.15) is 0 Å². The molecule has 3 aliphatic rings. The summed E-state index contributed by atoms with van der Waals surface area (Å²) in [5.41, 5.74) is 3.07. The Morgan fingerprint density at radius 1 is 1.18 bits per heavy atom. The average Bonchev–Trinajstić information content (AvgIpc) is 2.27. The third kappa shape index (κ3) is 2.06. The normalized spacial score (nSPS) is 27.8. The van der Waals surface area contributed by atoms with Gasteiger partial charge in [0.25, 0.3) is 0 Å². The summed E-state index contributed by atoms with van der Waals surface area (Å²) in [5.74, 6) is 0. The van der Waals surface area contributed by atoms with Crippen LogP contribution in [0.1, 0.15) is 32.8 Å². The van der Waals surface area contributed by atoms with Crippen LogP contribution in [0.5, 0.6) is 0 Å². The fraction of sp³-hybridized carbons (Fsp3) is 0.600. The Bertz CT molecular complexity index is 403. The maximum absolute atomic E-state index is 3.58. The average molecular weight is 230 g/mol. The van der Waals surface area contributed by atoms with Crippen LogP contribution >= 0.6 is 0 Å².